The fraction of sp³-hybridized carbons (Fsp3) is 0.333. The summed E-state index contributed by atoms with van der Waals surface area (Å²) in [5, 5.41) is 1.79. The minimum Gasteiger partial charge on any atom is -0.492 e. The summed E-state index contributed by atoms with van der Waals surface area (Å²) in [6.07, 6.45) is 0.617. The number of thiophene rings is 1. The van der Waals surface area contributed by atoms with Gasteiger partial charge in [-0.15, -0.1) is 11.3 Å². The van der Waals surface area contributed by atoms with Crippen molar-refractivity contribution in [2.75, 3.05) is 6.61 Å². The Morgan fingerprint density at radius 1 is 0.968 bits per heavy atom. The van der Waals surface area contributed by atoms with Crippen LogP contribution in [0.2, 0.25) is 0 Å². The summed E-state index contributed by atoms with van der Waals surface area (Å²) < 4.78 is 40.5. The zero-order valence-electron chi connectivity index (χ0n) is 17.9. The summed E-state index contributed by atoms with van der Waals surface area (Å²) >= 11 is 1.24. The SMILES string of the molecule is CC(C)(C)Oc1ccc(OCC2Cc3ccccc3CN2S(=O)(=O)c2cccs2)cc1. The van der Waals surface area contributed by atoms with E-state index in [0.717, 1.165) is 11.3 Å². The van der Waals surface area contributed by atoms with Gasteiger partial charge in [-0.2, -0.15) is 4.31 Å². The first-order chi connectivity index (χ1) is 14.7. The van der Waals surface area contributed by atoms with Crippen LogP contribution in [-0.4, -0.2) is 31.0 Å². The molecule has 1 aromatic heterocycles. The highest BCUT2D eigenvalue weighted by Crippen LogP contribution is 2.31. The molecular formula is C24H27NO4S2. The Labute approximate surface area is 188 Å². The number of nitrogens with zero attached hydrogens (tertiary/aromatic N) is 1. The number of sulfonamides is 1. The van der Waals surface area contributed by atoms with E-state index in [2.05, 4.69) is 6.07 Å². The number of rotatable bonds is 6. The van der Waals surface area contributed by atoms with Crippen molar-refractivity contribution in [1.29, 1.82) is 0 Å². The van der Waals surface area contributed by atoms with Crippen LogP contribution in [0.3, 0.4) is 0 Å². The lowest BCUT2D eigenvalue weighted by atomic mass is 9.96. The third kappa shape index (κ3) is 5.11. The molecule has 0 saturated heterocycles. The highest BCUT2D eigenvalue weighted by molar-refractivity contribution is 7.91. The van der Waals surface area contributed by atoms with Crippen LogP contribution in [0.15, 0.2) is 70.3 Å². The summed E-state index contributed by atoms with van der Waals surface area (Å²) in [5.41, 5.74) is 1.94. The molecular weight excluding hydrogens is 430 g/mol. The smallest absolute Gasteiger partial charge is 0.253 e. The molecule has 4 rings (SSSR count). The van der Waals surface area contributed by atoms with Gasteiger partial charge in [0.15, 0.2) is 0 Å². The number of hydrogen-bond donors (Lipinski definition) is 0. The Morgan fingerprint density at radius 2 is 1.65 bits per heavy atom. The molecule has 2 aromatic carbocycles. The summed E-state index contributed by atoms with van der Waals surface area (Å²) in [7, 11) is -3.59. The Balaban J connectivity index is 1.53. The maximum atomic E-state index is 13.3. The molecule has 0 aliphatic carbocycles. The van der Waals surface area contributed by atoms with Gasteiger partial charge in [0, 0.05) is 6.54 Å². The number of fused-ring (bicyclic) bond motifs is 1. The van der Waals surface area contributed by atoms with Crippen LogP contribution < -0.4 is 9.47 Å². The maximum Gasteiger partial charge on any atom is 0.253 e. The molecule has 0 spiro atoms. The second-order valence-corrected chi connectivity index (χ2v) is 11.7. The molecule has 164 valence electrons. The molecule has 2 heterocycles. The van der Waals surface area contributed by atoms with E-state index in [1.807, 2.05) is 63.2 Å². The van der Waals surface area contributed by atoms with Crippen molar-refractivity contribution in [3.63, 3.8) is 0 Å². The fourth-order valence-corrected chi connectivity index (χ4v) is 6.37. The van der Waals surface area contributed by atoms with Gasteiger partial charge in [0.2, 0.25) is 0 Å². The molecule has 1 aliphatic heterocycles. The van der Waals surface area contributed by atoms with E-state index < -0.39 is 10.0 Å². The van der Waals surface area contributed by atoms with E-state index in [1.54, 1.807) is 21.8 Å². The minimum atomic E-state index is -3.59. The zero-order valence-corrected chi connectivity index (χ0v) is 19.6. The topological polar surface area (TPSA) is 55.8 Å². The number of benzene rings is 2. The largest absolute Gasteiger partial charge is 0.492 e. The van der Waals surface area contributed by atoms with Crippen LogP contribution >= 0.6 is 11.3 Å². The monoisotopic (exact) mass is 457 g/mol. The standard InChI is InChI=1S/C24H27NO4S2/c1-24(2,3)29-22-12-10-21(11-13-22)28-17-20-15-18-7-4-5-8-19(18)16-25(20)31(26,27)23-9-6-14-30-23/h4-14,20H,15-17H2,1-3H3. The molecule has 0 N–H and O–H groups in total. The van der Waals surface area contributed by atoms with E-state index in [-0.39, 0.29) is 18.2 Å². The van der Waals surface area contributed by atoms with Crippen molar-refractivity contribution in [3.05, 3.63) is 77.2 Å². The van der Waals surface area contributed by atoms with Gasteiger partial charge >= 0.3 is 0 Å². The lowest BCUT2D eigenvalue weighted by Gasteiger charge is -2.35. The molecule has 3 aromatic rings. The van der Waals surface area contributed by atoms with Gasteiger partial charge in [-0.3, -0.25) is 0 Å². The molecule has 7 heteroatoms. The van der Waals surface area contributed by atoms with Crippen molar-refractivity contribution in [2.45, 2.75) is 49.6 Å². The predicted molar refractivity (Wildman–Crippen MR) is 123 cm³/mol. The van der Waals surface area contributed by atoms with Gasteiger partial charge in [-0.05, 0) is 74.0 Å². The Bertz CT molecular complexity index is 1120. The summed E-state index contributed by atoms with van der Waals surface area (Å²) in [5.74, 6) is 1.46. The van der Waals surface area contributed by atoms with Crippen LogP contribution in [0.5, 0.6) is 11.5 Å². The van der Waals surface area contributed by atoms with Crippen LogP contribution in [0.25, 0.3) is 0 Å². The van der Waals surface area contributed by atoms with E-state index >= 15 is 0 Å². The highest BCUT2D eigenvalue weighted by atomic mass is 32.2. The summed E-state index contributed by atoms with van der Waals surface area (Å²) in [4.78, 5) is 0. The second-order valence-electron chi connectivity index (χ2n) is 8.61. The zero-order chi connectivity index (χ0) is 22.1. The van der Waals surface area contributed by atoms with Crippen molar-refractivity contribution in [2.24, 2.45) is 0 Å². The maximum absolute atomic E-state index is 13.3. The van der Waals surface area contributed by atoms with Crippen LogP contribution in [0.4, 0.5) is 0 Å². The van der Waals surface area contributed by atoms with Gasteiger partial charge in [-0.25, -0.2) is 8.42 Å². The molecule has 0 fully saturated rings. The van der Waals surface area contributed by atoms with Crippen LogP contribution in [0, 0.1) is 0 Å². The highest BCUT2D eigenvalue weighted by Gasteiger charge is 2.36. The lowest BCUT2D eigenvalue weighted by Crippen LogP contribution is -2.47. The second kappa shape index (κ2) is 8.65. The molecule has 0 amide bonds. The van der Waals surface area contributed by atoms with Gasteiger partial charge in [0.05, 0.1) is 6.04 Å². The third-order valence-corrected chi connectivity index (χ3v) is 8.33. The normalized spacial score (nSPS) is 17.2. The number of ether oxygens (including phenoxy) is 2. The Kier molecular flexibility index (Phi) is 6.10. The quantitative estimate of drug-likeness (QED) is 0.516. The molecule has 0 saturated carbocycles. The Morgan fingerprint density at radius 3 is 2.29 bits per heavy atom. The molecule has 0 bridgehead atoms. The van der Waals surface area contributed by atoms with Gasteiger partial charge in [-0.1, -0.05) is 30.3 Å². The molecule has 0 radical (unpaired) electrons. The first kappa shape index (κ1) is 21.9. The lowest BCUT2D eigenvalue weighted by molar-refractivity contribution is 0.130. The van der Waals surface area contributed by atoms with E-state index in [1.165, 1.54) is 16.9 Å². The third-order valence-electron chi connectivity index (χ3n) is 5.06. The first-order valence-electron chi connectivity index (χ1n) is 10.3. The average molecular weight is 458 g/mol. The molecule has 31 heavy (non-hydrogen) atoms. The van der Waals surface area contributed by atoms with Crippen molar-refractivity contribution >= 4 is 21.4 Å². The van der Waals surface area contributed by atoms with Gasteiger partial charge in [0.25, 0.3) is 10.0 Å². The summed E-state index contributed by atoms with van der Waals surface area (Å²) in [6, 6.07) is 18.6. The van der Waals surface area contributed by atoms with E-state index in [9.17, 15) is 8.42 Å². The minimum absolute atomic E-state index is 0.269. The van der Waals surface area contributed by atoms with Crippen LogP contribution in [-0.2, 0) is 23.0 Å². The van der Waals surface area contributed by atoms with Gasteiger partial charge < -0.3 is 9.47 Å². The van der Waals surface area contributed by atoms with Crippen LogP contribution in [0.1, 0.15) is 31.9 Å². The van der Waals surface area contributed by atoms with Crippen molar-refractivity contribution in [1.82, 2.24) is 4.31 Å². The predicted octanol–water partition coefficient (Wildman–Crippen LogP) is 5.12. The Hall–Kier alpha value is -2.35. The molecule has 1 aliphatic rings. The molecule has 5 nitrogen and oxygen atoms in total. The van der Waals surface area contributed by atoms with Crippen molar-refractivity contribution in [3.8, 4) is 11.5 Å². The van der Waals surface area contributed by atoms with Gasteiger partial charge in [0.1, 0.15) is 27.9 Å². The number of hydrogen-bond acceptors (Lipinski definition) is 5. The van der Waals surface area contributed by atoms with Crippen molar-refractivity contribution < 1.29 is 17.9 Å². The molecule has 1 atom stereocenters. The van der Waals surface area contributed by atoms with E-state index in [4.69, 9.17) is 9.47 Å². The van der Waals surface area contributed by atoms with E-state index in [0.29, 0.717) is 22.9 Å². The first-order valence-corrected chi connectivity index (χ1v) is 12.6. The summed E-state index contributed by atoms with van der Waals surface area (Å²) in [6.45, 7) is 6.63. The average Bonchev–Trinajstić information content (AvgIpc) is 3.27. The molecule has 1 unspecified atom stereocenters. The fourth-order valence-electron chi connectivity index (χ4n) is 3.66.